The van der Waals surface area contributed by atoms with Gasteiger partial charge in [0, 0.05) is 17.6 Å². The lowest BCUT2D eigenvalue weighted by molar-refractivity contribution is 0.0728. The molecular weight excluding hydrogens is 256 g/mol. The molecule has 1 unspecified atom stereocenters. The number of fused-ring (bicyclic) bond motifs is 1. The largest absolute Gasteiger partial charge is 0.394 e. The highest BCUT2D eigenvalue weighted by molar-refractivity contribution is 5.92. The van der Waals surface area contributed by atoms with Gasteiger partial charge in [0.1, 0.15) is 0 Å². The number of rotatable bonds is 3. The first kappa shape index (κ1) is 13.3. The van der Waals surface area contributed by atoms with E-state index in [0.717, 1.165) is 23.1 Å². The molecule has 106 valence electrons. The third-order valence-electron chi connectivity index (χ3n) is 3.66. The molecule has 0 radical (unpaired) electrons. The number of pyridine rings is 1. The zero-order chi connectivity index (χ0) is 13.9. The Hall–Kier alpha value is -1.69. The fourth-order valence-corrected chi connectivity index (χ4v) is 2.65. The van der Waals surface area contributed by atoms with Crippen LogP contribution in [0.25, 0.3) is 10.9 Å². The minimum Gasteiger partial charge on any atom is -0.394 e. The molecule has 1 fully saturated rings. The Labute approximate surface area is 117 Å². The molecular formula is C15H18N2O3. The summed E-state index contributed by atoms with van der Waals surface area (Å²) in [6.45, 7) is 1.84. The van der Waals surface area contributed by atoms with Crippen LogP contribution >= 0.6 is 0 Å². The zero-order valence-electron chi connectivity index (χ0n) is 11.2. The van der Waals surface area contributed by atoms with E-state index in [-0.39, 0.29) is 19.3 Å². The molecule has 1 aliphatic rings. The summed E-state index contributed by atoms with van der Waals surface area (Å²) in [5.41, 5.74) is 2.50. The normalized spacial score (nSPS) is 19.5. The van der Waals surface area contributed by atoms with Crippen LogP contribution in [-0.2, 0) is 11.3 Å². The first-order valence-corrected chi connectivity index (χ1v) is 6.78. The molecule has 0 spiro atoms. The van der Waals surface area contributed by atoms with E-state index < -0.39 is 0 Å². The van der Waals surface area contributed by atoms with E-state index in [9.17, 15) is 10.2 Å². The Kier molecular flexibility index (Phi) is 3.82. The molecule has 2 aromatic rings. The van der Waals surface area contributed by atoms with Gasteiger partial charge in [-0.25, -0.2) is 0 Å². The first-order chi connectivity index (χ1) is 9.83. The van der Waals surface area contributed by atoms with Crippen molar-refractivity contribution in [1.29, 1.82) is 0 Å². The summed E-state index contributed by atoms with van der Waals surface area (Å²) in [4.78, 5) is 6.58. The van der Waals surface area contributed by atoms with Gasteiger partial charge in [0.2, 0.25) is 0 Å². The van der Waals surface area contributed by atoms with Gasteiger partial charge in [0.05, 0.1) is 43.7 Å². The smallest absolute Gasteiger partial charge is 0.0854 e. The second-order valence-corrected chi connectivity index (χ2v) is 4.91. The van der Waals surface area contributed by atoms with Gasteiger partial charge >= 0.3 is 0 Å². The minimum absolute atomic E-state index is 0.0467. The number of nitrogens with zero attached hydrogens (tertiary/aromatic N) is 2. The van der Waals surface area contributed by atoms with Gasteiger partial charge in [0.15, 0.2) is 0 Å². The lowest BCUT2D eigenvalue weighted by Gasteiger charge is -2.37. The molecule has 0 amide bonds. The Balaban J connectivity index is 2.13. The highest BCUT2D eigenvalue weighted by Gasteiger charge is 2.24. The van der Waals surface area contributed by atoms with Crippen molar-refractivity contribution in [1.82, 2.24) is 4.98 Å². The maximum atomic E-state index is 9.53. The average molecular weight is 274 g/mol. The third-order valence-corrected chi connectivity index (χ3v) is 3.66. The summed E-state index contributed by atoms with van der Waals surface area (Å²) < 4.78 is 5.43. The van der Waals surface area contributed by atoms with Crippen LogP contribution in [0.1, 0.15) is 5.69 Å². The molecule has 1 aromatic carbocycles. The van der Waals surface area contributed by atoms with Crippen LogP contribution < -0.4 is 4.90 Å². The molecule has 20 heavy (non-hydrogen) atoms. The molecule has 0 aliphatic carbocycles. The van der Waals surface area contributed by atoms with Crippen molar-refractivity contribution >= 4 is 16.6 Å². The fraction of sp³-hybridized carbons (Fsp3) is 0.400. The summed E-state index contributed by atoms with van der Waals surface area (Å²) in [6, 6.07) is 9.70. The van der Waals surface area contributed by atoms with Crippen molar-refractivity contribution in [3.63, 3.8) is 0 Å². The lowest BCUT2D eigenvalue weighted by Crippen LogP contribution is -2.47. The number of ether oxygens (including phenoxy) is 1. The molecule has 2 N–H and O–H groups in total. The van der Waals surface area contributed by atoms with Crippen LogP contribution in [-0.4, -0.2) is 47.6 Å². The molecule has 1 saturated heterocycles. The van der Waals surface area contributed by atoms with Gasteiger partial charge in [-0.3, -0.25) is 4.98 Å². The van der Waals surface area contributed by atoms with Crippen molar-refractivity contribution in [3.8, 4) is 0 Å². The van der Waals surface area contributed by atoms with E-state index in [1.54, 1.807) is 0 Å². The maximum Gasteiger partial charge on any atom is 0.0854 e. The molecule has 0 bridgehead atoms. The van der Waals surface area contributed by atoms with Gasteiger partial charge in [-0.1, -0.05) is 18.2 Å². The summed E-state index contributed by atoms with van der Waals surface area (Å²) in [5, 5.41) is 20.0. The molecule has 0 saturated carbocycles. The highest BCUT2D eigenvalue weighted by atomic mass is 16.5. The third kappa shape index (κ3) is 2.35. The maximum absolute atomic E-state index is 9.53. The van der Waals surface area contributed by atoms with Crippen molar-refractivity contribution in [2.24, 2.45) is 0 Å². The summed E-state index contributed by atoms with van der Waals surface area (Å²) in [7, 11) is 0. The van der Waals surface area contributed by atoms with Gasteiger partial charge < -0.3 is 19.8 Å². The number of benzene rings is 1. The number of hydrogen-bond acceptors (Lipinski definition) is 5. The van der Waals surface area contributed by atoms with Crippen molar-refractivity contribution in [3.05, 3.63) is 36.0 Å². The number of aliphatic hydroxyl groups excluding tert-OH is 2. The molecule has 5 heteroatoms. The minimum atomic E-state index is -0.0913. The second-order valence-electron chi connectivity index (χ2n) is 4.91. The number of aromatic nitrogens is 1. The SMILES string of the molecule is OCc1cc(N2CCOCC2CO)c2ccccc2n1. The average Bonchev–Trinajstić information content (AvgIpc) is 2.53. The molecule has 1 aromatic heterocycles. The van der Waals surface area contributed by atoms with Crippen LogP contribution in [0.5, 0.6) is 0 Å². The van der Waals surface area contributed by atoms with E-state index in [1.807, 2.05) is 30.3 Å². The predicted molar refractivity (Wildman–Crippen MR) is 76.7 cm³/mol. The molecule has 1 aliphatic heterocycles. The van der Waals surface area contributed by atoms with E-state index in [2.05, 4.69) is 9.88 Å². The van der Waals surface area contributed by atoms with Crippen LogP contribution in [0.2, 0.25) is 0 Å². The molecule has 1 atom stereocenters. The number of para-hydroxylation sites is 1. The van der Waals surface area contributed by atoms with E-state index in [1.165, 1.54) is 0 Å². The van der Waals surface area contributed by atoms with Gasteiger partial charge in [-0.05, 0) is 12.1 Å². The van der Waals surface area contributed by atoms with Crippen LogP contribution in [0.4, 0.5) is 5.69 Å². The number of morpholine rings is 1. The Morgan fingerprint density at radius 1 is 1.30 bits per heavy atom. The van der Waals surface area contributed by atoms with Crippen LogP contribution in [0.15, 0.2) is 30.3 Å². The molecule has 5 nitrogen and oxygen atoms in total. The van der Waals surface area contributed by atoms with Crippen LogP contribution in [0.3, 0.4) is 0 Å². The summed E-state index contributed by atoms with van der Waals surface area (Å²) in [5.74, 6) is 0. The van der Waals surface area contributed by atoms with Gasteiger partial charge in [0.25, 0.3) is 0 Å². The van der Waals surface area contributed by atoms with Gasteiger partial charge in [-0.15, -0.1) is 0 Å². The quantitative estimate of drug-likeness (QED) is 0.871. The van der Waals surface area contributed by atoms with Crippen molar-refractivity contribution < 1.29 is 14.9 Å². The highest BCUT2D eigenvalue weighted by Crippen LogP contribution is 2.29. The van der Waals surface area contributed by atoms with Gasteiger partial charge in [-0.2, -0.15) is 0 Å². The Bertz CT molecular complexity index is 603. The first-order valence-electron chi connectivity index (χ1n) is 6.78. The topological polar surface area (TPSA) is 65.8 Å². The Morgan fingerprint density at radius 2 is 2.15 bits per heavy atom. The molecule has 2 heterocycles. The Morgan fingerprint density at radius 3 is 2.95 bits per heavy atom. The monoisotopic (exact) mass is 274 g/mol. The van der Waals surface area contributed by atoms with E-state index >= 15 is 0 Å². The summed E-state index contributed by atoms with van der Waals surface area (Å²) in [6.07, 6.45) is 0. The van der Waals surface area contributed by atoms with Crippen molar-refractivity contribution in [2.75, 3.05) is 31.3 Å². The summed E-state index contributed by atoms with van der Waals surface area (Å²) >= 11 is 0. The van der Waals surface area contributed by atoms with E-state index in [4.69, 9.17) is 4.74 Å². The van der Waals surface area contributed by atoms with E-state index in [0.29, 0.717) is 18.9 Å². The molecule has 3 rings (SSSR count). The number of aliphatic hydroxyl groups is 2. The standard InChI is InChI=1S/C15H18N2O3/c18-8-11-7-15(13-3-1-2-4-14(13)16-11)17-5-6-20-10-12(17)9-19/h1-4,7,12,18-19H,5-6,8-10H2. The fourth-order valence-electron chi connectivity index (χ4n) is 2.65. The second kappa shape index (κ2) is 5.75. The number of anilines is 1. The predicted octanol–water partition coefficient (Wildman–Crippen LogP) is 0.925. The van der Waals surface area contributed by atoms with Crippen LogP contribution in [0, 0.1) is 0 Å². The number of hydrogen-bond donors (Lipinski definition) is 2. The zero-order valence-corrected chi connectivity index (χ0v) is 11.2. The van der Waals surface area contributed by atoms with Crippen molar-refractivity contribution in [2.45, 2.75) is 12.6 Å². The lowest BCUT2D eigenvalue weighted by atomic mass is 10.1.